The second-order valence-corrected chi connectivity index (χ2v) is 9.82. The van der Waals surface area contributed by atoms with Crippen LogP contribution in [-0.2, 0) is 19.3 Å². The first kappa shape index (κ1) is 26.2. The lowest BCUT2D eigenvalue weighted by molar-refractivity contribution is 0.458. The number of phenolic OH excluding ortho intramolecular Hbond substituents is 1. The molecule has 4 heteroatoms. The highest BCUT2D eigenvalue weighted by Crippen LogP contribution is 2.30. The van der Waals surface area contributed by atoms with Gasteiger partial charge < -0.3 is 5.11 Å². The first-order valence-corrected chi connectivity index (χ1v) is 13.9. The van der Waals surface area contributed by atoms with E-state index in [0.717, 1.165) is 48.0 Å². The molecule has 0 aliphatic rings. The quantitative estimate of drug-likeness (QED) is 0.217. The van der Waals surface area contributed by atoms with Crippen LogP contribution in [0.25, 0.3) is 16.7 Å². The van der Waals surface area contributed by atoms with Crippen LogP contribution in [0.1, 0.15) is 115 Å². The summed E-state index contributed by atoms with van der Waals surface area (Å²) >= 11 is 0. The molecule has 0 saturated heterocycles. The Morgan fingerprint density at radius 2 is 1.26 bits per heavy atom. The fourth-order valence-corrected chi connectivity index (χ4v) is 4.72. The molecule has 0 unspecified atom stereocenters. The van der Waals surface area contributed by atoms with Crippen LogP contribution in [0.15, 0.2) is 30.3 Å². The maximum atomic E-state index is 11.2. The van der Waals surface area contributed by atoms with Crippen LogP contribution >= 0.6 is 0 Å². The molecule has 1 N–H and O–H groups in total. The van der Waals surface area contributed by atoms with Gasteiger partial charge in [0.2, 0.25) is 0 Å². The predicted molar refractivity (Wildman–Crippen MR) is 144 cm³/mol. The van der Waals surface area contributed by atoms with Crippen molar-refractivity contribution in [3.63, 3.8) is 0 Å². The van der Waals surface area contributed by atoms with Crippen molar-refractivity contribution in [2.75, 3.05) is 0 Å². The molecule has 4 nitrogen and oxygen atoms in total. The van der Waals surface area contributed by atoms with Crippen LogP contribution in [0.4, 0.5) is 0 Å². The number of hydrogen-bond acceptors (Lipinski definition) is 3. The highest BCUT2D eigenvalue weighted by molar-refractivity contribution is 5.75. The minimum absolute atomic E-state index is 0.344. The summed E-state index contributed by atoms with van der Waals surface area (Å²) in [6.07, 6.45) is 18.2. The van der Waals surface area contributed by atoms with Crippen molar-refractivity contribution in [1.29, 1.82) is 0 Å². The predicted octanol–water partition coefficient (Wildman–Crippen LogP) is 8.49. The maximum Gasteiger partial charge on any atom is 0.146 e. The minimum atomic E-state index is 0.344. The Morgan fingerprint density at radius 3 is 1.94 bits per heavy atom. The Labute approximate surface area is 206 Å². The molecular formula is C30H45N3O. The molecule has 0 amide bonds. The average molecular weight is 464 g/mol. The number of unbranched alkanes of at least 4 members (excludes halogenated alkanes) is 10. The molecule has 3 aromatic rings. The maximum absolute atomic E-state index is 11.2. The van der Waals surface area contributed by atoms with Gasteiger partial charge in [-0.25, -0.2) is 0 Å². The van der Waals surface area contributed by atoms with E-state index in [-0.39, 0.29) is 0 Å². The van der Waals surface area contributed by atoms with Crippen LogP contribution in [0.5, 0.6) is 5.75 Å². The molecule has 0 radical (unpaired) electrons. The number of hydrogen-bond donors (Lipinski definition) is 1. The summed E-state index contributed by atoms with van der Waals surface area (Å²) in [7, 11) is 0. The van der Waals surface area contributed by atoms with Crippen molar-refractivity contribution in [1.82, 2.24) is 15.0 Å². The third kappa shape index (κ3) is 7.58. The number of nitrogens with zero attached hydrogens (tertiary/aromatic N) is 3. The number of fused-ring (bicyclic) bond motifs is 1. The molecule has 186 valence electrons. The van der Waals surface area contributed by atoms with E-state index in [9.17, 15) is 5.11 Å². The Kier molecular flexibility index (Phi) is 10.9. The van der Waals surface area contributed by atoms with Crippen LogP contribution in [0.3, 0.4) is 0 Å². The molecule has 0 fully saturated rings. The summed E-state index contributed by atoms with van der Waals surface area (Å²) < 4.78 is 0. The van der Waals surface area contributed by atoms with Crippen molar-refractivity contribution in [3.8, 4) is 11.4 Å². The van der Waals surface area contributed by atoms with Crippen molar-refractivity contribution in [2.24, 2.45) is 0 Å². The van der Waals surface area contributed by atoms with Crippen molar-refractivity contribution < 1.29 is 5.11 Å². The SMILES string of the molecule is CCCCCCCCc1cc(CCCCCCCC)c(O)c(-n2nc3ccc(CC)cc3n2)c1. The normalized spacial score (nSPS) is 11.5. The van der Waals surface area contributed by atoms with Gasteiger partial charge in [-0.05, 0) is 67.0 Å². The van der Waals surface area contributed by atoms with Gasteiger partial charge >= 0.3 is 0 Å². The number of aryl methyl sites for hydroxylation is 3. The molecule has 0 atom stereocenters. The Morgan fingerprint density at radius 1 is 0.647 bits per heavy atom. The summed E-state index contributed by atoms with van der Waals surface area (Å²) in [6, 6.07) is 10.6. The fourth-order valence-electron chi connectivity index (χ4n) is 4.72. The zero-order chi connectivity index (χ0) is 24.2. The summed E-state index contributed by atoms with van der Waals surface area (Å²) in [5.41, 5.74) is 6.07. The number of aromatic nitrogens is 3. The van der Waals surface area contributed by atoms with Crippen LogP contribution in [0, 0.1) is 0 Å². The monoisotopic (exact) mass is 463 g/mol. The Hall–Kier alpha value is -2.36. The molecule has 1 aromatic heterocycles. The van der Waals surface area contributed by atoms with E-state index < -0.39 is 0 Å². The van der Waals surface area contributed by atoms with Gasteiger partial charge in [-0.1, -0.05) is 97.1 Å². The van der Waals surface area contributed by atoms with Gasteiger partial charge in [0.15, 0.2) is 0 Å². The highest BCUT2D eigenvalue weighted by Gasteiger charge is 2.15. The van der Waals surface area contributed by atoms with Gasteiger partial charge in [0.1, 0.15) is 22.5 Å². The van der Waals surface area contributed by atoms with E-state index in [0.29, 0.717) is 5.75 Å². The topological polar surface area (TPSA) is 50.9 Å². The van der Waals surface area contributed by atoms with Crippen molar-refractivity contribution in [3.05, 3.63) is 47.0 Å². The molecule has 0 aliphatic carbocycles. The molecule has 0 bridgehead atoms. The van der Waals surface area contributed by atoms with Crippen LogP contribution in [-0.4, -0.2) is 20.1 Å². The van der Waals surface area contributed by atoms with E-state index in [2.05, 4.69) is 45.0 Å². The van der Waals surface area contributed by atoms with E-state index in [4.69, 9.17) is 10.2 Å². The van der Waals surface area contributed by atoms with Crippen molar-refractivity contribution in [2.45, 2.75) is 117 Å². The van der Waals surface area contributed by atoms with E-state index in [1.54, 1.807) is 4.80 Å². The lowest BCUT2D eigenvalue weighted by Crippen LogP contribution is -2.03. The van der Waals surface area contributed by atoms with Gasteiger partial charge in [-0.2, -0.15) is 0 Å². The largest absolute Gasteiger partial charge is 0.505 e. The van der Waals surface area contributed by atoms with Gasteiger partial charge in [0.05, 0.1) is 0 Å². The van der Waals surface area contributed by atoms with Gasteiger partial charge in [-0.15, -0.1) is 15.0 Å². The Bertz CT molecular complexity index is 1010. The van der Waals surface area contributed by atoms with E-state index in [1.807, 2.05) is 6.07 Å². The van der Waals surface area contributed by atoms with Crippen LogP contribution < -0.4 is 0 Å². The van der Waals surface area contributed by atoms with E-state index >= 15 is 0 Å². The lowest BCUT2D eigenvalue weighted by Gasteiger charge is -2.13. The minimum Gasteiger partial charge on any atom is -0.505 e. The third-order valence-electron chi connectivity index (χ3n) is 6.92. The second-order valence-electron chi connectivity index (χ2n) is 9.82. The summed E-state index contributed by atoms with van der Waals surface area (Å²) in [5, 5.41) is 20.6. The average Bonchev–Trinajstić information content (AvgIpc) is 3.28. The standard InChI is InChI=1S/C30H45N3O/c1-4-7-9-11-13-15-17-25-21-26(18-16-14-12-10-8-5-2)30(34)29(23-25)33-31-27-20-19-24(6-3)22-28(27)32-33/h19-23,34H,4-18H2,1-3H3. The number of rotatable bonds is 16. The summed E-state index contributed by atoms with van der Waals surface area (Å²) in [6.45, 7) is 6.67. The molecule has 0 aliphatic heterocycles. The molecule has 0 spiro atoms. The van der Waals surface area contributed by atoms with Crippen molar-refractivity contribution >= 4 is 11.0 Å². The fraction of sp³-hybridized carbons (Fsp3) is 0.600. The van der Waals surface area contributed by atoms with Gasteiger partial charge in [-0.3, -0.25) is 0 Å². The number of phenols is 1. The number of benzene rings is 2. The molecular weight excluding hydrogens is 418 g/mol. The molecule has 2 aromatic carbocycles. The Balaban J connectivity index is 1.78. The molecule has 3 rings (SSSR count). The van der Waals surface area contributed by atoms with Gasteiger partial charge in [0, 0.05) is 0 Å². The smallest absolute Gasteiger partial charge is 0.146 e. The first-order valence-electron chi connectivity index (χ1n) is 13.9. The summed E-state index contributed by atoms with van der Waals surface area (Å²) in [4.78, 5) is 1.65. The lowest BCUT2D eigenvalue weighted by atomic mass is 9.98. The molecule has 34 heavy (non-hydrogen) atoms. The molecule has 1 heterocycles. The second kappa shape index (κ2) is 14.1. The third-order valence-corrected chi connectivity index (χ3v) is 6.92. The molecule has 0 saturated carbocycles. The van der Waals surface area contributed by atoms with E-state index in [1.165, 1.54) is 81.8 Å². The van der Waals surface area contributed by atoms with Gasteiger partial charge in [0.25, 0.3) is 0 Å². The highest BCUT2D eigenvalue weighted by atomic mass is 16.3. The number of aromatic hydroxyl groups is 1. The zero-order valence-corrected chi connectivity index (χ0v) is 21.8. The van der Waals surface area contributed by atoms with Crippen LogP contribution in [0.2, 0.25) is 0 Å². The zero-order valence-electron chi connectivity index (χ0n) is 21.8. The summed E-state index contributed by atoms with van der Waals surface area (Å²) in [5.74, 6) is 0.344. The first-order chi connectivity index (χ1) is 16.7.